The molecule has 0 aliphatic heterocycles. The number of ketones is 1. The van der Waals surface area contributed by atoms with Gasteiger partial charge in [0.05, 0.1) is 6.10 Å². The van der Waals surface area contributed by atoms with E-state index in [0.717, 1.165) is 25.7 Å². The smallest absolute Gasteiger partial charge is 0.251 e. The Morgan fingerprint density at radius 2 is 1.75 bits per heavy atom. The van der Waals surface area contributed by atoms with Crippen LogP contribution in [0.1, 0.15) is 53.3 Å². The molecular formula is C16H21NO3. The lowest BCUT2D eigenvalue weighted by Crippen LogP contribution is -2.36. The van der Waals surface area contributed by atoms with Crippen LogP contribution in [-0.2, 0) is 0 Å². The van der Waals surface area contributed by atoms with Gasteiger partial charge in [-0.25, -0.2) is 0 Å². The molecule has 1 saturated carbocycles. The zero-order valence-electron chi connectivity index (χ0n) is 11.8. The summed E-state index contributed by atoms with van der Waals surface area (Å²) in [5, 5.41) is 12.7. The van der Waals surface area contributed by atoms with E-state index in [1.165, 1.54) is 6.92 Å². The number of benzene rings is 1. The van der Waals surface area contributed by atoms with Crippen molar-refractivity contribution in [3.8, 4) is 0 Å². The third kappa shape index (κ3) is 3.67. The average Bonchev–Trinajstić information content (AvgIpc) is 2.46. The van der Waals surface area contributed by atoms with E-state index < -0.39 is 0 Å². The maximum absolute atomic E-state index is 12.0. The fraction of sp³-hybridized carbons (Fsp3) is 0.500. The van der Waals surface area contributed by atoms with Crippen LogP contribution in [0.5, 0.6) is 0 Å². The topological polar surface area (TPSA) is 66.4 Å². The third-order valence-corrected chi connectivity index (χ3v) is 3.95. The van der Waals surface area contributed by atoms with Crippen molar-refractivity contribution in [1.29, 1.82) is 0 Å². The van der Waals surface area contributed by atoms with Crippen LogP contribution in [0.25, 0.3) is 0 Å². The second-order valence-corrected chi connectivity index (χ2v) is 5.46. The average molecular weight is 275 g/mol. The molecule has 4 heteroatoms. The van der Waals surface area contributed by atoms with Crippen LogP contribution in [-0.4, -0.2) is 29.4 Å². The third-order valence-electron chi connectivity index (χ3n) is 3.95. The van der Waals surface area contributed by atoms with E-state index in [1.54, 1.807) is 24.3 Å². The Kier molecular flexibility index (Phi) is 4.90. The molecule has 0 heterocycles. The summed E-state index contributed by atoms with van der Waals surface area (Å²) in [6, 6.07) is 6.63. The Bertz CT molecular complexity index is 481. The number of Topliss-reactive ketones (excluding diaryl/α,β-unsaturated/α-hetero) is 1. The van der Waals surface area contributed by atoms with Crippen LogP contribution in [0.15, 0.2) is 24.3 Å². The second kappa shape index (κ2) is 6.66. The summed E-state index contributed by atoms with van der Waals surface area (Å²) in [5.74, 6) is -0.00986. The van der Waals surface area contributed by atoms with Crippen LogP contribution in [0.4, 0.5) is 0 Å². The fourth-order valence-corrected chi connectivity index (χ4v) is 2.61. The molecule has 20 heavy (non-hydrogen) atoms. The Morgan fingerprint density at radius 3 is 2.35 bits per heavy atom. The maximum atomic E-state index is 12.0. The van der Waals surface area contributed by atoms with Gasteiger partial charge in [0.2, 0.25) is 0 Å². The molecule has 0 radical (unpaired) electrons. The van der Waals surface area contributed by atoms with E-state index in [1.807, 2.05) is 0 Å². The predicted molar refractivity (Wildman–Crippen MR) is 76.7 cm³/mol. The van der Waals surface area contributed by atoms with Gasteiger partial charge in [0, 0.05) is 23.6 Å². The van der Waals surface area contributed by atoms with E-state index in [-0.39, 0.29) is 23.7 Å². The van der Waals surface area contributed by atoms with Crippen LogP contribution in [0.2, 0.25) is 0 Å². The summed E-state index contributed by atoms with van der Waals surface area (Å²) >= 11 is 0. The Labute approximate surface area is 119 Å². The second-order valence-electron chi connectivity index (χ2n) is 5.46. The molecule has 1 aliphatic rings. The molecule has 108 valence electrons. The highest BCUT2D eigenvalue weighted by Gasteiger charge is 2.23. The molecule has 0 saturated heterocycles. The van der Waals surface area contributed by atoms with E-state index in [0.29, 0.717) is 17.7 Å². The predicted octanol–water partition coefficient (Wildman–Crippen LogP) is 2.17. The summed E-state index contributed by atoms with van der Waals surface area (Å²) in [6.45, 7) is 2.01. The van der Waals surface area contributed by atoms with E-state index >= 15 is 0 Å². The van der Waals surface area contributed by atoms with Gasteiger partial charge in [-0.3, -0.25) is 9.59 Å². The number of rotatable bonds is 4. The first-order chi connectivity index (χ1) is 9.58. The minimum Gasteiger partial charge on any atom is -0.393 e. The van der Waals surface area contributed by atoms with Gasteiger partial charge in [0.15, 0.2) is 5.78 Å². The molecule has 0 spiro atoms. The van der Waals surface area contributed by atoms with Crippen molar-refractivity contribution >= 4 is 11.7 Å². The Balaban J connectivity index is 1.89. The molecule has 2 rings (SSSR count). The first-order valence-electron chi connectivity index (χ1n) is 7.15. The fourth-order valence-electron chi connectivity index (χ4n) is 2.61. The summed E-state index contributed by atoms with van der Waals surface area (Å²) in [4.78, 5) is 23.2. The normalized spacial score (nSPS) is 22.3. The van der Waals surface area contributed by atoms with Crippen molar-refractivity contribution in [3.05, 3.63) is 35.4 Å². The Morgan fingerprint density at radius 1 is 1.15 bits per heavy atom. The van der Waals surface area contributed by atoms with Gasteiger partial charge in [-0.2, -0.15) is 0 Å². The van der Waals surface area contributed by atoms with E-state index in [4.69, 9.17) is 0 Å². The molecular weight excluding hydrogens is 254 g/mol. The number of amides is 1. The highest BCUT2D eigenvalue weighted by Crippen LogP contribution is 2.23. The van der Waals surface area contributed by atoms with Gasteiger partial charge in [-0.05, 0) is 31.9 Å². The molecule has 1 aromatic rings. The highest BCUT2D eigenvalue weighted by atomic mass is 16.3. The zero-order valence-corrected chi connectivity index (χ0v) is 11.8. The molecule has 1 fully saturated rings. The van der Waals surface area contributed by atoms with E-state index in [2.05, 4.69) is 5.32 Å². The highest BCUT2D eigenvalue weighted by molar-refractivity contribution is 5.97. The lowest BCUT2D eigenvalue weighted by molar-refractivity contribution is 0.0662. The monoisotopic (exact) mass is 275 g/mol. The van der Waals surface area contributed by atoms with Crippen molar-refractivity contribution in [2.45, 2.75) is 38.7 Å². The summed E-state index contributed by atoms with van der Waals surface area (Å²) in [5.41, 5.74) is 1.14. The zero-order chi connectivity index (χ0) is 14.5. The van der Waals surface area contributed by atoms with Gasteiger partial charge >= 0.3 is 0 Å². The molecule has 4 nitrogen and oxygen atoms in total. The number of carbonyl (C=O) groups excluding carboxylic acids is 2. The van der Waals surface area contributed by atoms with Crippen molar-refractivity contribution < 1.29 is 14.7 Å². The number of aliphatic hydroxyl groups is 1. The quantitative estimate of drug-likeness (QED) is 0.828. The van der Waals surface area contributed by atoms with Gasteiger partial charge in [-0.15, -0.1) is 0 Å². The number of hydrogen-bond acceptors (Lipinski definition) is 3. The van der Waals surface area contributed by atoms with Gasteiger partial charge in [-0.1, -0.05) is 25.0 Å². The lowest BCUT2D eigenvalue weighted by Gasteiger charge is -2.27. The molecule has 0 bridgehead atoms. The van der Waals surface area contributed by atoms with E-state index in [9.17, 15) is 14.7 Å². The minimum absolute atomic E-state index is 0.0118. The molecule has 0 aromatic heterocycles. The molecule has 2 atom stereocenters. The van der Waals surface area contributed by atoms with Crippen molar-refractivity contribution in [3.63, 3.8) is 0 Å². The summed E-state index contributed by atoms with van der Waals surface area (Å²) in [6.07, 6.45) is 3.67. The summed E-state index contributed by atoms with van der Waals surface area (Å²) < 4.78 is 0. The molecule has 2 N–H and O–H groups in total. The number of nitrogens with one attached hydrogen (secondary N) is 1. The van der Waals surface area contributed by atoms with Crippen LogP contribution in [0, 0.1) is 5.92 Å². The first-order valence-corrected chi connectivity index (χ1v) is 7.15. The van der Waals surface area contributed by atoms with Gasteiger partial charge in [0.1, 0.15) is 0 Å². The van der Waals surface area contributed by atoms with Gasteiger partial charge < -0.3 is 10.4 Å². The van der Waals surface area contributed by atoms with Crippen molar-refractivity contribution in [1.82, 2.24) is 5.32 Å². The maximum Gasteiger partial charge on any atom is 0.251 e. The van der Waals surface area contributed by atoms with Crippen LogP contribution < -0.4 is 5.32 Å². The van der Waals surface area contributed by atoms with Crippen molar-refractivity contribution in [2.24, 2.45) is 5.92 Å². The lowest BCUT2D eigenvalue weighted by atomic mass is 9.86. The van der Waals surface area contributed by atoms with Gasteiger partial charge in [0.25, 0.3) is 5.91 Å². The standard InChI is InChI=1S/C16H21NO3/c1-11(18)12-6-8-13(9-7-12)16(20)17-10-14-4-2-3-5-15(14)19/h6-9,14-15,19H,2-5,10H2,1H3,(H,17,20)/t14-,15-/m1/s1. The largest absolute Gasteiger partial charge is 0.393 e. The number of hydrogen-bond donors (Lipinski definition) is 2. The molecule has 1 aliphatic carbocycles. The number of carbonyl (C=O) groups is 2. The first kappa shape index (κ1) is 14.7. The summed E-state index contributed by atoms with van der Waals surface area (Å²) in [7, 11) is 0. The molecule has 0 unspecified atom stereocenters. The SMILES string of the molecule is CC(=O)c1ccc(C(=O)NC[C@H]2CCCC[C@H]2O)cc1. The van der Waals surface area contributed by atoms with Crippen LogP contribution in [0.3, 0.4) is 0 Å². The molecule has 1 aromatic carbocycles. The Hall–Kier alpha value is -1.68. The number of aliphatic hydroxyl groups excluding tert-OH is 1. The van der Waals surface area contributed by atoms with Crippen molar-refractivity contribution in [2.75, 3.05) is 6.54 Å². The minimum atomic E-state index is -0.302. The molecule has 1 amide bonds. The van der Waals surface area contributed by atoms with Crippen LogP contribution >= 0.6 is 0 Å².